The van der Waals surface area contributed by atoms with Crippen molar-refractivity contribution in [3.05, 3.63) is 28.8 Å². The van der Waals surface area contributed by atoms with Crippen LogP contribution in [0.2, 0.25) is 0 Å². The lowest BCUT2D eigenvalue weighted by Gasteiger charge is -2.12. The molecule has 1 rings (SSSR count). The number of carbonyl (C=O) groups is 1. The van der Waals surface area contributed by atoms with Gasteiger partial charge in [-0.2, -0.15) is 5.26 Å². The zero-order valence-electron chi connectivity index (χ0n) is 9.83. The van der Waals surface area contributed by atoms with E-state index in [1.54, 1.807) is 0 Å². The van der Waals surface area contributed by atoms with Crippen molar-refractivity contribution in [2.75, 3.05) is 6.61 Å². The minimum absolute atomic E-state index is 0.0291. The SMILES string of the molecule is Cc1ccc(C)c(OCC(=O)CC#N)c1C. The van der Waals surface area contributed by atoms with Gasteiger partial charge in [0.15, 0.2) is 5.78 Å². The van der Waals surface area contributed by atoms with Crippen LogP contribution in [0.15, 0.2) is 12.1 Å². The summed E-state index contributed by atoms with van der Waals surface area (Å²) in [5, 5.41) is 8.36. The zero-order chi connectivity index (χ0) is 12.1. The van der Waals surface area contributed by atoms with Crippen LogP contribution in [0.25, 0.3) is 0 Å². The molecular weight excluding hydrogens is 202 g/mol. The maximum atomic E-state index is 11.2. The molecule has 1 aromatic carbocycles. The van der Waals surface area contributed by atoms with E-state index >= 15 is 0 Å². The van der Waals surface area contributed by atoms with Gasteiger partial charge in [-0.15, -0.1) is 0 Å². The number of Topliss-reactive ketones (excluding diaryl/α,β-unsaturated/α-hetero) is 1. The summed E-state index contributed by atoms with van der Waals surface area (Å²) in [4.78, 5) is 11.2. The average Bonchev–Trinajstić information content (AvgIpc) is 2.24. The Morgan fingerprint density at radius 3 is 2.56 bits per heavy atom. The fraction of sp³-hybridized carbons (Fsp3) is 0.385. The fourth-order valence-corrected chi connectivity index (χ4v) is 1.44. The van der Waals surface area contributed by atoms with Crippen molar-refractivity contribution < 1.29 is 9.53 Å². The van der Waals surface area contributed by atoms with Gasteiger partial charge in [-0.25, -0.2) is 0 Å². The van der Waals surface area contributed by atoms with Crippen LogP contribution in [-0.4, -0.2) is 12.4 Å². The Morgan fingerprint density at radius 2 is 1.94 bits per heavy atom. The summed E-state index contributed by atoms with van der Waals surface area (Å²) in [6, 6.07) is 5.80. The van der Waals surface area contributed by atoms with Crippen LogP contribution in [0, 0.1) is 32.1 Å². The van der Waals surface area contributed by atoms with Gasteiger partial charge in [0.1, 0.15) is 12.4 Å². The zero-order valence-corrected chi connectivity index (χ0v) is 9.83. The molecule has 0 amide bonds. The first-order chi connectivity index (χ1) is 7.56. The third-order valence-corrected chi connectivity index (χ3v) is 2.53. The second-order valence-corrected chi connectivity index (χ2v) is 3.82. The maximum absolute atomic E-state index is 11.2. The predicted molar refractivity (Wildman–Crippen MR) is 61.4 cm³/mol. The quantitative estimate of drug-likeness (QED) is 0.778. The molecule has 16 heavy (non-hydrogen) atoms. The van der Waals surface area contributed by atoms with Gasteiger partial charge in [0.2, 0.25) is 0 Å². The Bertz CT molecular complexity index is 444. The monoisotopic (exact) mass is 217 g/mol. The number of hydrogen-bond acceptors (Lipinski definition) is 3. The lowest BCUT2D eigenvalue weighted by atomic mass is 10.1. The van der Waals surface area contributed by atoms with E-state index in [4.69, 9.17) is 10.00 Å². The molecule has 1 aromatic rings. The Morgan fingerprint density at radius 1 is 1.31 bits per heavy atom. The summed E-state index contributed by atoms with van der Waals surface area (Å²) in [6.07, 6.45) is -0.0933. The van der Waals surface area contributed by atoms with Crippen molar-refractivity contribution in [3.8, 4) is 11.8 Å². The Kier molecular flexibility index (Phi) is 4.07. The fourth-order valence-electron chi connectivity index (χ4n) is 1.44. The lowest BCUT2D eigenvalue weighted by molar-refractivity contribution is -0.120. The Labute approximate surface area is 95.7 Å². The van der Waals surface area contributed by atoms with Crippen molar-refractivity contribution in [1.82, 2.24) is 0 Å². The number of rotatable bonds is 4. The standard InChI is InChI=1S/C13H15NO2/c1-9-4-5-10(2)13(11(9)3)16-8-12(15)6-7-14/h4-5H,6,8H2,1-3H3. The summed E-state index contributed by atoms with van der Waals surface area (Å²) < 4.78 is 5.46. The van der Waals surface area contributed by atoms with E-state index in [1.165, 1.54) is 0 Å². The number of ketones is 1. The smallest absolute Gasteiger partial charge is 0.184 e. The molecule has 0 aromatic heterocycles. The number of carbonyl (C=O) groups excluding carboxylic acids is 1. The van der Waals surface area contributed by atoms with Gasteiger partial charge in [0.05, 0.1) is 12.5 Å². The molecule has 0 atom stereocenters. The van der Waals surface area contributed by atoms with Gasteiger partial charge >= 0.3 is 0 Å². The van der Waals surface area contributed by atoms with Crippen molar-refractivity contribution in [2.24, 2.45) is 0 Å². The predicted octanol–water partition coefficient (Wildman–Crippen LogP) is 2.47. The molecule has 0 N–H and O–H groups in total. The molecule has 0 aliphatic heterocycles. The molecule has 0 spiro atoms. The molecule has 0 radical (unpaired) electrons. The van der Waals surface area contributed by atoms with Gasteiger partial charge in [0.25, 0.3) is 0 Å². The summed E-state index contributed by atoms with van der Waals surface area (Å²) in [5.74, 6) is 0.564. The second-order valence-electron chi connectivity index (χ2n) is 3.82. The maximum Gasteiger partial charge on any atom is 0.184 e. The molecule has 0 fully saturated rings. The van der Waals surface area contributed by atoms with E-state index in [-0.39, 0.29) is 18.8 Å². The molecule has 0 aliphatic rings. The van der Waals surface area contributed by atoms with E-state index in [0.717, 1.165) is 22.4 Å². The van der Waals surface area contributed by atoms with Gasteiger partial charge in [-0.05, 0) is 37.5 Å². The highest BCUT2D eigenvalue weighted by atomic mass is 16.5. The van der Waals surface area contributed by atoms with E-state index < -0.39 is 0 Å². The summed E-state index contributed by atoms with van der Waals surface area (Å²) in [6.45, 7) is 5.88. The molecule has 0 saturated heterocycles. The van der Waals surface area contributed by atoms with Crippen LogP contribution in [-0.2, 0) is 4.79 Å². The van der Waals surface area contributed by atoms with Gasteiger partial charge in [-0.3, -0.25) is 4.79 Å². The molecule has 3 heteroatoms. The van der Waals surface area contributed by atoms with Crippen LogP contribution in [0.3, 0.4) is 0 Å². The number of hydrogen-bond donors (Lipinski definition) is 0. The molecule has 0 unspecified atom stereocenters. The van der Waals surface area contributed by atoms with Crippen molar-refractivity contribution in [1.29, 1.82) is 5.26 Å². The van der Waals surface area contributed by atoms with E-state index in [1.807, 2.05) is 39.0 Å². The summed E-state index contributed by atoms with van der Waals surface area (Å²) in [7, 11) is 0. The third kappa shape index (κ3) is 2.83. The summed E-state index contributed by atoms with van der Waals surface area (Å²) in [5.41, 5.74) is 3.19. The molecule has 3 nitrogen and oxygen atoms in total. The molecule has 84 valence electrons. The van der Waals surface area contributed by atoms with Crippen molar-refractivity contribution in [3.63, 3.8) is 0 Å². The van der Waals surface area contributed by atoms with Crippen LogP contribution in [0.5, 0.6) is 5.75 Å². The highest BCUT2D eigenvalue weighted by Crippen LogP contribution is 2.25. The van der Waals surface area contributed by atoms with Crippen LogP contribution in [0.1, 0.15) is 23.1 Å². The van der Waals surface area contributed by atoms with Gasteiger partial charge in [-0.1, -0.05) is 12.1 Å². The summed E-state index contributed by atoms with van der Waals surface area (Å²) >= 11 is 0. The van der Waals surface area contributed by atoms with Crippen molar-refractivity contribution >= 4 is 5.78 Å². The van der Waals surface area contributed by atoms with E-state index in [9.17, 15) is 4.79 Å². The van der Waals surface area contributed by atoms with Gasteiger partial charge in [0, 0.05) is 0 Å². The topological polar surface area (TPSA) is 50.1 Å². The highest BCUT2D eigenvalue weighted by Gasteiger charge is 2.08. The molecular formula is C13H15NO2. The number of ether oxygens (including phenoxy) is 1. The highest BCUT2D eigenvalue weighted by molar-refractivity contribution is 5.81. The number of nitrogens with zero attached hydrogens (tertiary/aromatic N) is 1. The van der Waals surface area contributed by atoms with Crippen LogP contribution in [0.4, 0.5) is 0 Å². The molecule has 0 heterocycles. The third-order valence-electron chi connectivity index (χ3n) is 2.53. The molecule has 0 saturated carbocycles. The number of nitriles is 1. The largest absolute Gasteiger partial charge is 0.485 e. The first kappa shape index (κ1) is 12.3. The minimum atomic E-state index is -0.192. The minimum Gasteiger partial charge on any atom is -0.485 e. The Hall–Kier alpha value is -1.82. The van der Waals surface area contributed by atoms with Crippen LogP contribution < -0.4 is 4.74 Å². The van der Waals surface area contributed by atoms with Gasteiger partial charge < -0.3 is 4.74 Å². The normalized spacial score (nSPS) is 9.62. The Balaban J connectivity index is 2.78. The molecule has 0 bridgehead atoms. The number of aryl methyl sites for hydroxylation is 2. The van der Waals surface area contributed by atoms with E-state index in [0.29, 0.717) is 0 Å². The van der Waals surface area contributed by atoms with Crippen molar-refractivity contribution in [2.45, 2.75) is 27.2 Å². The number of benzene rings is 1. The van der Waals surface area contributed by atoms with E-state index in [2.05, 4.69) is 0 Å². The second kappa shape index (κ2) is 5.32. The molecule has 0 aliphatic carbocycles. The first-order valence-electron chi connectivity index (χ1n) is 5.14. The first-order valence-corrected chi connectivity index (χ1v) is 5.14. The van der Waals surface area contributed by atoms with Crippen LogP contribution >= 0.6 is 0 Å². The lowest BCUT2D eigenvalue weighted by Crippen LogP contribution is -2.11. The average molecular weight is 217 g/mol.